The van der Waals surface area contributed by atoms with Crippen LogP contribution in [0.15, 0.2) is 12.1 Å². The molecule has 1 aromatic rings. The van der Waals surface area contributed by atoms with E-state index in [1.807, 2.05) is 6.07 Å². The van der Waals surface area contributed by atoms with Crippen LogP contribution >= 0.6 is 11.3 Å². The number of Topliss-reactive ketones (excluding diaryl/α,β-unsaturated/α-hetero) is 1. The lowest BCUT2D eigenvalue weighted by Gasteiger charge is -1.99. The molecule has 1 heterocycles. The highest BCUT2D eigenvalue weighted by Crippen LogP contribution is 2.19. The predicted octanol–water partition coefficient (Wildman–Crippen LogP) is 5.24. The number of unbranched alkanes of at least 4 members (excludes halogenated alkanes) is 5. The van der Waals surface area contributed by atoms with Gasteiger partial charge in [-0.05, 0) is 25.0 Å². The minimum absolute atomic E-state index is 0.338. The van der Waals surface area contributed by atoms with Gasteiger partial charge in [0.05, 0.1) is 4.88 Å². The molecule has 0 atom stereocenters. The maximum atomic E-state index is 11.9. The van der Waals surface area contributed by atoms with E-state index in [2.05, 4.69) is 19.9 Å². The van der Waals surface area contributed by atoms with Crippen LogP contribution in [0, 0.1) is 0 Å². The summed E-state index contributed by atoms with van der Waals surface area (Å²) in [6.07, 6.45) is 9.26. The second-order valence-corrected chi connectivity index (χ2v) is 5.73. The van der Waals surface area contributed by atoms with Crippen molar-refractivity contribution in [2.24, 2.45) is 0 Å². The molecule has 0 aromatic carbocycles. The van der Waals surface area contributed by atoms with Crippen LogP contribution in [0.3, 0.4) is 0 Å². The molecule has 0 bridgehead atoms. The SMILES string of the molecule is CCCCCCCCC(=O)c1ccc(CC)s1. The van der Waals surface area contributed by atoms with Gasteiger partial charge in [0.15, 0.2) is 5.78 Å². The van der Waals surface area contributed by atoms with Crippen LogP contribution in [0.4, 0.5) is 0 Å². The number of hydrogen-bond donors (Lipinski definition) is 0. The van der Waals surface area contributed by atoms with Crippen LogP contribution in [-0.4, -0.2) is 5.78 Å². The van der Waals surface area contributed by atoms with Gasteiger partial charge in [-0.2, -0.15) is 0 Å². The van der Waals surface area contributed by atoms with Gasteiger partial charge in [0, 0.05) is 11.3 Å². The maximum absolute atomic E-state index is 11.9. The Hall–Kier alpha value is -0.630. The zero-order chi connectivity index (χ0) is 12.5. The molecular weight excluding hydrogens is 228 g/mol. The molecule has 0 fully saturated rings. The molecule has 0 aliphatic carbocycles. The molecule has 0 radical (unpaired) electrons. The number of carbonyl (C=O) groups is 1. The Kier molecular flexibility index (Phi) is 7.18. The Balaban J connectivity index is 2.16. The van der Waals surface area contributed by atoms with Crippen molar-refractivity contribution in [1.82, 2.24) is 0 Å². The Labute approximate surface area is 109 Å². The average Bonchev–Trinajstić information content (AvgIpc) is 2.82. The summed E-state index contributed by atoms with van der Waals surface area (Å²) in [6.45, 7) is 4.36. The van der Waals surface area contributed by atoms with Gasteiger partial charge < -0.3 is 0 Å². The van der Waals surface area contributed by atoms with E-state index >= 15 is 0 Å². The highest BCUT2D eigenvalue weighted by Gasteiger charge is 2.08. The van der Waals surface area contributed by atoms with E-state index in [9.17, 15) is 4.79 Å². The zero-order valence-corrected chi connectivity index (χ0v) is 11.9. The molecule has 0 N–H and O–H groups in total. The monoisotopic (exact) mass is 252 g/mol. The summed E-state index contributed by atoms with van der Waals surface area (Å²) in [5.41, 5.74) is 0. The number of ketones is 1. The lowest BCUT2D eigenvalue weighted by molar-refractivity contribution is 0.0983. The minimum atomic E-state index is 0.338. The first kappa shape index (κ1) is 14.4. The quantitative estimate of drug-likeness (QED) is 0.433. The summed E-state index contributed by atoms with van der Waals surface area (Å²) in [4.78, 5) is 14.1. The number of hydrogen-bond acceptors (Lipinski definition) is 2. The average molecular weight is 252 g/mol. The minimum Gasteiger partial charge on any atom is -0.293 e. The molecule has 1 aromatic heterocycles. The van der Waals surface area contributed by atoms with Gasteiger partial charge in [-0.1, -0.05) is 46.0 Å². The summed E-state index contributed by atoms with van der Waals surface area (Å²) >= 11 is 1.66. The maximum Gasteiger partial charge on any atom is 0.172 e. The van der Waals surface area contributed by atoms with Crippen molar-refractivity contribution in [3.63, 3.8) is 0 Å². The molecule has 2 heteroatoms. The van der Waals surface area contributed by atoms with Crippen LogP contribution < -0.4 is 0 Å². The second-order valence-electron chi connectivity index (χ2n) is 4.56. The molecule has 96 valence electrons. The Morgan fingerprint density at radius 1 is 1.06 bits per heavy atom. The van der Waals surface area contributed by atoms with Crippen LogP contribution in [-0.2, 0) is 6.42 Å². The highest BCUT2D eigenvalue weighted by atomic mass is 32.1. The summed E-state index contributed by atoms with van der Waals surface area (Å²) in [6, 6.07) is 4.07. The fraction of sp³-hybridized carbons (Fsp3) is 0.667. The van der Waals surface area contributed by atoms with Crippen LogP contribution in [0.25, 0.3) is 0 Å². The molecule has 0 aliphatic rings. The van der Waals surface area contributed by atoms with Crippen molar-refractivity contribution >= 4 is 17.1 Å². The van der Waals surface area contributed by atoms with E-state index in [1.54, 1.807) is 11.3 Å². The van der Waals surface area contributed by atoms with Gasteiger partial charge >= 0.3 is 0 Å². The smallest absolute Gasteiger partial charge is 0.172 e. The third-order valence-electron chi connectivity index (χ3n) is 3.04. The van der Waals surface area contributed by atoms with Gasteiger partial charge in [-0.3, -0.25) is 4.79 Å². The molecule has 0 aliphatic heterocycles. The second kappa shape index (κ2) is 8.46. The molecular formula is C15H24OS. The summed E-state index contributed by atoms with van der Waals surface area (Å²) in [5.74, 6) is 0.338. The van der Waals surface area contributed by atoms with Gasteiger partial charge in [-0.15, -0.1) is 11.3 Å². The Morgan fingerprint density at radius 3 is 2.41 bits per heavy atom. The number of carbonyl (C=O) groups excluding carboxylic acids is 1. The molecule has 0 amide bonds. The molecule has 0 saturated heterocycles. The van der Waals surface area contributed by atoms with E-state index in [0.29, 0.717) is 5.78 Å². The van der Waals surface area contributed by atoms with Crippen molar-refractivity contribution in [3.8, 4) is 0 Å². The number of rotatable bonds is 9. The lowest BCUT2D eigenvalue weighted by atomic mass is 10.1. The van der Waals surface area contributed by atoms with Gasteiger partial charge in [0.25, 0.3) is 0 Å². The molecule has 1 nitrogen and oxygen atoms in total. The first-order chi connectivity index (χ1) is 8.27. The van der Waals surface area contributed by atoms with E-state index in [0.717, 1.165) is 24.1 Å². The standard InChI is InChI=1S/C15H24OS/c1-3-5-6-7-8-9-10-14(16)15-12-11-13(4-2)17-15/h11-12H,3-10H2,1-2H3. The molecule has 1 rings (SSSR count). The van der Waals surface area contributed by atoms with Gasteiger partial charge in [0.2, 0.25) is 0 Å². The van der Waals surface area contributed by atoms with Crippen molar-refractivity contribution in [1.29, 1.82) is 0 Å². The predicted molar refractivity (Wildman–Crippen MR) is 76.0 cm³/mol. The summed E-state index contributed by atoms with van der Waals surface area (Å²) in [7, 11) is 0. The van der Waals surface area contributed by atoms with Crippen molar-refractivity contribution < 1.29 is 4.79 Å². The normalized spacial score (nSPS) is 10.7. The van der Waals surface area contributed by atoms with Crippen molar-refractivity contribution in [2.45, 2.75) is 65.2 Å². The van der Waals surface area contributed by atoms with E-state index in [4.69, 9.17) is 0 Å². The van der Waals surface area contributed by atoms with Crippen LogP contribution in [0.5, 0.6) is 0 Å². The molecule has 0 spiro atoms. The lowest BCUT2D eigenvalue weighted by Crippen LogP contribution is -1.95. The highest BCUT2D eigenvalue weighted by molar-refractivity contribution is 7.14. The summed E-state index contributed by atoms with van der Waals surface area (Å²) in [5, 5.41) is 0. The third-order valence-corrected chi connectivity index (χ3v) is 4.31. The van der Waals surface area contributed by atoms with E-state index in [1.165, 1.54) is 37.0 Å². The topological polar surface area (TPSA) is 17.1 Å². The fourth-order valence-electron chi connectivity index (χ4n) is 1.91. The van der Waals surface area contributed by atoms with Crippen molar-refractivity contribution in [3.05, 3.63) is 21.9 Å². The summed E-state index contributed by atoms with van der Waals surface area (Å²) < 4.78 is 0. The van der Waals surface area contributed by atoms with Gasteiger partial charge in [-0.25, -0.2) is 0 Å². The van der Waals surface area contributed by atoms with Crippen molar-refractivity contribution in [2.75, 3.05) is 0 Å². The van der Waals surface area contributed by atoms with E-state index in [-0.39, 0.29) is 0 Å². The molecule has 0 saturated carbocycles. The van der Waals surface area contributed by atoms with E-state index < -0.39 is 0 Å². The van der Waals surface area contributed by atoms with Crippen LogP contribution in [0.1, 0.15) is 73.3 Å². The van der Waals surface area contributed by atoms with Gasteiger partial charge in [0.1, 0.15) is 0 Å². The zero-order valence-electron chi connectivity index (χ0n) is 11.1. The molecule has 0 unspecified atom stereocenters. The number of aryl methyl sites for hydroxylation is 1. The Morgan fingerprint density at radius 2 is 1.76 bits per heavy atom. The number of thiophene rings is 1. The molecule has 17 heavy (non-hydrogen) atoms. The largest absolute Gasteiger partial charge is 0.293 e. The third kappa shape index (κ3) is 5.49. The first-order valence-corrected chi connectivity index (χ1v) is 7.71. The first-order valence-electron chi connectivity index (χ1n) is 6.89. The Bertz CT molecular complexity index is 327. The fourth-order valence-corrected chi connectivity index (χ4v) is 2.82. The van der Waals surface area contributed by atoms with Crippen LogP contribution in [0.2, 0.25) is 0 Å².